The van der Waals surface area contributed by atoms with Gasteiger partial charge in [0.1, 0.15) is 5.82 Å². The van der Waals surface area contributed by atoms with E-state index in [0.29, 0.717) is 6.42 Å². The van der Waals surface area contributed by atoms with Crippen LogP contribution in [0.15, 0.2) is 18.2 Å². The summed E-state index contributed by atoms with van der Waals surface area (Å²) < 4.78 is 13.1. The molecule has 22 heavy (non-hydrogen) atoms. The molecule has 0 heterocycles. The summed E-state index contributed by atoms with van der Waals surface area (Å²) in [6.45, 7) is 9.89. The maximum atomic E-state index is 13.1. The molecule has 0 aliphatic heterocycles. The summed E-state index contributed by atoms with van der Waals surface area (Å²) in [7, 11) is 0. The monoisotopic (exact) mass is 328 g/mol. The van der Waals surface area contributed by atoms with Crippen molar-refractivity contribution >= 4 is 29.1 Å². The molecule has 0 spiro atoms. The highest BCUT2D eigenvalue weighted by Gasteiger charge is 2.29. The van der Waals surface area contributed by atoms with E-state index >= 15 is 0 Å². The molecule has 0 saturated carbocycles. The summed E-state index contributed by atoms with van der Waals surface area (Å²) in [6, 6.07) is 3.72. The summed E-state index contributed by atoms with van der Waals surface area (Å²) >= 11 is 5.63. The largest absolute Gasteiger partial charge is 0.343 e. The fourth-order valence-corrected chi connectivity index (χ4v) is 2.68. The van der Waals surface area contributed by atoms with Crippen LogP contribution in [0.2, 0.25) is 5.02 Å². The number of hydrogen-bond acceptors (Lipinski definition) is 2. The molecule has 0 aliphatic rings. The fourth-order valence-electron chi connectivity index (χ4n) is 2.50. The van der Waals surface area contributed by atoms with Gasteiger partial charge in [0.15, 0.2) is 0 Å². The molecule has 0 aliphatic carbocycles. The topological polar surface area (TPSA) is 58.2 Å². The molecule has 1 aromatic rings. The summed E-state index contributed by atoms with van der Waals surface area (Å²) in [6.07, 6.45) is 0.710. The summed E-state index contributed by atoms with van der Waals surface area (Å²) in [5.74, 6) is -2.14. The van der Waals surface area contributed by atoms with Crippen LogP contribution in [0.1, 0.15) is 41.0 Å². The van der Waals surface area contributed by atoms with E-state index in [2.05, 4.69) is 31.4 Å². The number of anilines is 1. The van der Waals surface area contributed by atoms with Gasteiger partial charge in [-0.15, -0.1) is 0 Å². The predicted molar refractivity (Wildman–Crippen MR) is 86.3 cm³/mol. The Morgan fingerprint density at radius 2 is 1.73 bits per heavy atom. The molecule has 4 nitrogen and oxygen atoms in total. The zero-order valence-corrected chi connectivity index (χ0v) is 14.3. The Hall–Kier alpha value is -1.62. The average molecular weight is 329 g/mol. The number of nitrogens with one attached hydrogen (secondary N) is 2. The van der Waals surface area contributed by atoms with E-state index in [1.807, 2.05) is 13.8 Å². The van der Waals surface area contributed by atoms with Crippen molar-refractivity contribution in [3.63, 3.8) is 0 Å². The van der Waals surface area contributed by atoms with Crippen LogP contribution >= 0.6 is 11.6 Å². The van der Waals surface area contributed by atoms with Crippen LogP contribution < -0.4 is 10.6 Å². The molecule has 0 radical (unpaired) electrons. The van der Waals surface area contributed by atoms with Crippen molar-refractivity contribution in [3.05, 3.63) is 29.0 Å². The first-order chi connectivity index (χ1) is 9.89. The molecular weight excluding hydrogens is 307 g/mol. The lowest BCUT2D eigenvalue weighted by Crippen LogP contribution is -2.49. The van der Waals surface area contributed by atoms with Gasteiger partial charge in [0.25, 0.3) is 0 Å². The Kier molecular flexibility index (Phi) is 5.57. The Labute approximate surface area is 135 Å². The van der Waals surface area contributed by atoms with E-state index in [0.717, 1.165) is 6.07 Å². The number of carbonyl (C=O) groups is 2. The predicted octanol–water partition coefficient (Wildman–Crippen LogP) is 3.75. The van der Waals surface area contributed by atoms with Gasteiger partial charge in [-0.1, -0.05) is 32.4 Å². The van der Waals surface area contributed by atoms with Crippen molar-refractivity contribution in [1.82, 2.24) is 5.32 Å². The van der Waals surface area contributed by atoms with Crippen LogP contribution in [0.25, 0.3) is 0 Å². The second kappa shape index (κ2) is 6.65. The third-order valence-electron chi connectivity index (χ3n) is 2.81. The van der Waals surface area contributed by atoms with Gasteiger partial charge in [-0.05, 0) is 43.9 Å². The minimum atomic E-state index is -0.815. The zero-order chi connectivity index (χ0) is 17.1. The Morgan fingerprint density at radius 3 is 2.23 bits per heavy atom. The number of halogens is 2. The van der Waals surface area contributed by atoms with Gasteiger partial charge in [-0.25, -0.2) is 4.39 Å². The lowest BCUT2D eigenvalue weighted by Gasteiger charge is -2.33. The minimum absolute atomic E-state index is 0.0116. The van der Waals surface area contributed by atoms with Crippen LogP contribution in [0.3, 0.4) is 0 Å². The molecule has 0 aromatic heterocycles. The van der Waals surface area contributed by atoms with E-state index in [1.54, 1.807) is 0 Å². The number of hydrogen-bond donors (Lipinski definition) is 2. The van der Waals surface area contributed by atoms with E-state index in [4.69, 9.17) is 11.6 Å². The minimum Gasteiger partial charge on any atom is -0.343 e. The zero-order valence-electron chi connectivity index (χ0n) is 13.5. The average Bonchev–Trinajstić information content (AvgIpc) is 2.30. The Bertz CT molecular complexity index is 580. The molecule has 1 rings (SSSR count). The molecule has 0 bridgehead atoms. The van der Waals surface area contributed by atoms with Crippen LogP contribution in [-0.2, 0) is 9.59 Å². The number of benzene rings is 1. The van der Waals surface area contributed by atoms with Crippen LogP contribution in [0.4, 0.5) is 10.1 Å². The van der Waals surface area contributed by atoms with Gasteiger partial charge < -0.3 is 10.6 Å². The Balaban J connectivity index is 2.69. The normalized spacial score (nSPS) is 12.0. The van der Waals surface area contributed by atoms with Crippen LogP contribution in [-0.4, -0.2) is 17.4 Å². The molecule has 0 atom stereocenters. The van der Waals surface area contributed by atoms with Gasteiger partial charge in [0.2, 0.25) is 0 Å². The van der Waals surface area contributed by atoms with Crippen molar-refractivity contribution in [2.75, 3.05) is 5.32 Å². The molecule has 0 unspecified atom stereocenters. The highest BCUT2D eigenvalue weighted by molar-refractivity contribution is 6.40. The van der Waals surface area contributed by atoms with Crippen molar-refractivity contribution in [2.45, 2.75) is 46.6 Å². The number of rotatable bonds is 3. The van der Waals surface area contributed by atoms with E-state index in [9.17, 15) is 14.0 Å². The van der Waals surface area contributed by atoms with Crippen molar-refractivity contribution in [3.8, 4) is 0 Å². The van der Waals surface area contributed by atoms with Gasteiger partial charge >= 0.3 is 11.8 Å². The second-order valence-electron chi connectivity index (χ2n) is 7.16. The summed E-state index contributed by atoms with van der Waals surface area (Å²) in [5.41, 5.74) is -0.245. The molecule has 1 aromatic carbocycles. The highest BCUT2D eigenvalue weighted by Crippen LogP contribution is 2.26. The van der Waals surface area contributed by atoms with E-state index in [1.165, 1.54) is 12.1 Å². The summed E-state index contributed by atoms with van der Waals surface area (Å²) in [4.78, 5) is 23.9. The fraction of sp³-hybridized carbons (Fsp3) is 0.500. The first kappa shape index (κ1) is 18.4. The highest BCUT2D eigenvalue weighted by atomic mass is 35.5. The lowest BCUT2D eigenvalue weighted by atomic mass is 9.82. The third-order valence-corrected chi connectivity index (χ3v) is 3.10. The molecule has 2 amide bonds. The summed E-state index contributed by atoms with van der Waals surface area (Å²) in [5, 5.41) is 4.97. The van der Waals surface area contributed by atoms with Crippen molar-refractivity contribution < 1.29 is 14.0 Å². The molecule has 6 heteroatoms. The quantitative estimate of drug-likeness (QED) is 0.830. The molecule has 0 saturated heterocycles. The first-order valence-corrected chi connectivity index (χ1v) is 7.36. The van der Waals surface area contributed by atoms with Gasteiger partial charge in [0, 0.05) is 11.2 Å². The van der Waals surface area contributed by atoms with Crippen LogP contribution in [0.5, 0.6) is 0 Å². The van der Waals surface area contributed by atoms with Gasteiger partial charge in [0.05, 0.1) is 5.02 Å². The van der Waals surface area contributed by atoms with Gasteiger partial charge in [-0.3, -0.25) is 9.59 Å². The number of carbonyl (C=O) groups excluding carboxylic acids is 2. The maximum Gasteiger partial charge on any atom is 0.313 e. The molecular formula is C16H22ClFN2O2. The van der Waals surface area contributed by atoms with Gasteiger partial charge in [-0.2, -0.15) is 0 Å². The molecule has 0 fully saturated rings. The molecule has 2 N–H and O–H groups in total. The van der Waals surface area contributed by atoms with Crippen molar-refractivity contribution in [2.24, 2.45) is 5.41 Å². The number of amides is 2. The van der Waals surface area contributed by atoms with E-state index in [-0.39, 0.29) is 16.1 Å². The standard InChI is InChI=1S/C16H22ClFN2O2/c1-15(2,3)9-16(4,5)20-14(22)13(21)19-10-6-7-12(18)11(17)8-10/h6-8H,9H2,1-5H3,(H,19,21)(H,20,22). The van der Waals surface area contributed by atoms with Crippen molar-refractivity contribution in [1.29, 1.82) is 0 Å². The Morgan fingerprint density at radius 1 is 1.14 bits per heavy atom. The van der Waals surface area contributed by atoms with Crippen LogP contribution in [0, 0.1) is 11.2 Å². The molecule has 122 valence electrons. The van der Waals surface area contributed by atoms with E-state index < -0.39 is 23.2 Å². The first-order valence-electron chi connectivity index (χ1n) is 6.98. The SMILES string of the molecule is CC(C)(C)CC(C)(C)NC(=O)C(=O)Nc1ccc(F)c(Cl)c1. The third kappa shape index (κ3) is 6.02. The smallest absolute Gasteiger partial charge is 0.313 e. The lowest BCUT2D eigenvalue weighted by molar-refractivity contribution is -0.137. The maximum absolute atomic E-state index is 13.1. The second-order valence-corrected chi connectivity index (χ2v) is 7.57.